The highest BCUT2D eigenvalue weighted by Crippen LogP contribution is 2.30. The minimum atomic E-state index is -0.512. The third kappa shape index (κ3) is 4.05. The fourth-order valence-corrected chi connectivity index (χ4v) is 1.59. The molecule has 2 rings (SSSR count). The van der Waals surface area contributed by atoms with Gasteiger partial charge in [-0.05, 0) is 36.6 Å². The van der Waals surface area contributed by atoms with Crippen LogP contribution in [0.25, 0.3) is 6.08 Å². The molecule has 0 aromatic heterocycles. The highest BCUT2D eigenvalue weighted by Gasteiger charge is 2.27. The largest absolute Gasteiger partial charge is 0.322 e. The molecular weight excluding hydrogens is 242 g/mol. The third-order valence-electron chi connectivity index (χ3n) is 2.79. The fraction of sp³-hybridized carbons (Fsp3) is 0.200. The molecule has 1 aromatic carbocycles. The monoisotopic (exact) mass is 255 g/mol. The van der Waals surface area contributed by atoms with Gasteiger partial charge in [-0.25, -0.2) is 4.79 Å². The van der Waals surface area contributed by atoms with Gasteiger partial charge in [0.2, 0.25) is 0 Å². The molecule has 0 unspecified atom stereocenters. The number of ketones is 1. The van der Waals surface area contributed by atoms with Crippen LogP contribution in [-0.2, 0) is 14.4 Å². The van der Waals surface area contributed by atoms with E-state index in [1.54, 1.807) is 36.4 Å². The summed E-state index contributed by atoms with van der Waals surface area (Å²) in [5.41, 5.74) is 1.47. The van der Waals surface area contributed by atoms with Gasteiger partial charge in [-0.15, -0.1) is 0 Å². The quantitative estimate of drug-likeness (QED) is 0.646. The highest BCUT2D eigenvalue weighted by molar-refractivity contribution is 6.03. The summed E-state index contributed by atoms with van der Waals surface area (Å²) in [5.74, 6) is 1.30. The van der Waals surface area contributed by atoms with Crippen molar-refractivity contribution in [2.45, 2.75) is 12.8 Å². The van der Waals surface area contributed by atoms with Crippen molar-refractivity contribution in [3.8, 4) is 0 Å². The number of carbonyl (C=O) groups is 2. The Morgan fingerprint density at radius 3 is 2.47 bits per heavy atom. The van der Waals surface area contributed by atoms with Gasteiger partial charge in [-0.1, -0.05) is 18.2 Å². The summed E-state index contributed by atoms with van der Waals surface area (Å²) in [6.45, 7) is 0. The number of rotatable bonds is 5. The van der Waals surface area contributed by atoms with E-state index in [2.05, 4.69) is 5.32 Å². The van der Waals surface area contributed by atoms with Crippen molar-refractivity contribution in [1.29, 1.82) is 0 Å². The standard InChI is InChI=1S/C15H13NO3/c17-10-9-15(19)16-13-6-1-11(2-7-13)3-8-14(18)12-4-5-12/h1-3,6-9,12H,4-5H2,(H,16,19)/b8-3+. The zero-order valence-corrected chi connectivity index (χ0v) is 10.3. The van der Waals surface area contributed by atoms with Gasteiger partial charge in [0.15, 0.2) is 5.78 Å². The Balaban J connectivity index is 1.95. The van der Waals surface area contributed by atoms with E-state index in [1.807, 2.05) is 0 Å². The van der Waals surface area contributed by atoms with E-state index in [4.69, 9.17) is 0 Å². The number of allylic oxidation sites excluding steroid dienone is 1. The molecule has 0 radical (unpaired) electrons. The summed E-state index contributed by atoms with van der Waals surface area (Å²) in [5, 5.41) is 2.52. The van der Waals surface area contributed by atoms with Crippen molar-refractivity contribution in [3.05, 3.63) is 42.0 Å². The molecular formula is C15H13NO3. The number of hydrogen-bond acceptors (Lipinski definition) is 3. The topological polar surface area (TPSA) is 63.2 Å². The van der Waals surface area contributed by atoms with E-state index >= 15 is 0 Å². The molecule has 1 aliphatic rings. The van der Waals surface area contributed by atoms with Crippen LogP contribution in [-0.4, -0.2) is 17.6 Å². The first kappa shape index (κ1) is 13.0. The molecule has 1 amide bonds. The Morgan fingerprint density at radius 2 is 1.89 bits per heavy atom. The molecule has 96 valence electrons. The summed E-state index contributed by atoms with van der Waals surface area (Å²) >= 11 is 0. The second kappa shape index (κ2) is 5.94. The summed E-state index contributed by atoms with van der Waals surface area (Å²) in [4.78, 5) is 32.6. The molecule has 0 heterocycles. The molecule has 1 fully saturated rings. The molecule has 0 spiro atoms. The van der Waals surface area contributed by atoms with Crippen molar-refractivity contribution in [2.75, 3.05) is 5.32 Å². The van der Waals surface area contributed by atoms with Gasteiger partial charge < -0.3 is 5.32 Å². The van der Waals surface area contributed by atoms with Gasteiger partial charge in [0.25, 0.3) is 5.91 Å². The van der Waals surface area contributed by atoms with E-state index in [-0.39, 0.29) is 11.7 Å². The Hall–Kier alpha value is -2.45. The van der Waals surface area contributed by atoms with Gasteiger partial charge in [0.05, 0.1) is 6.08 Å². The molecule has 1 N–H and O–H groups in total. The number of carbonyl (C=O) groups excluding carboxylic acids is 3. The van der Waals surface area contributed by atoms with Crippen LogP contribution in [0.15, 0.2) is 36.4 Å². The number of amides is 1. The molecule has 1 aliphatic carbocycles. The smallest absolute Gasteiger partial charge is 0.259 e. The second-order valence-electron chi connectivity index (χ2n) is 4.38. The Bertz CT molecular complexity index is 562. The van der Waals surface area contributed by atoms with Gasteiger partial charge in [0, 0.05) is 11.6 Å². The SMILES string of the molecule is O=C=CC(=O)Nc1ccc(/C=C/C(=O)C2CC2)cc1. The van der Waals surface area contributed by atoms with Crippen LogP contribution < -0.4 is 5.32 Å². The lowest BCUT2D eigenvalue weighted by Gasteiger charge is -2.01. The lowest BCUT2D eigenvalue weighted by atomic mass is 10.1. The molecule has 1 saturated carbocycles. The Kier molecular flexibility index (Phi) is 4.06. The number of hydrogen-bond donors (Lipinski definition) is 1. The highest BCUT2D eigenvalue weighted by atomic mass is 16.2. The number of benzene rings is 1. The van der Waals surface area contributed by atoms with E-state index in [9.17, 15) is 14.4 Å². The van der Waals surface area contributed by atoms with Crippen LogP contribution in [0.4, 0.5) is 5.69 Å². The number of anilines is 1. The van der Waals surface area contributed by atoms with E-state index in [0.29, 0.717) is 5.69 Å². The molecule has 19 heavy (non-hydrogen) atoms. The van der Waals surface area contributed by atoms with Gasteiger partial charge in [-0.3, -0.25) is 9.59 Å². The van der Waals surface area contributed by atoms with Gasteiger partial charge >= 0.3 is 0 Å². The van der Waals surface area contributed by atoms with E-state index in [0.717, 1.165) is 24.5 Å². The van der Waals surface area contributed by atoms with Gasteiger partial charge in [-0.2, -0.15) is 0 Å². The first-order valence-electron chi connectivity index (χ1n) is 6.03. The maximum atomic E-state index is 11.5. The number of nitrogens with one attached hydrogen (secondary N) is 1. The summed E-state index contributed by atoms with van der Waals surface area (Å²) in [6.07, 6.45) is 6.15. The van der Waals surface area contributed by atoms with Crippen molar-refractivity contribution in [1.82, 2.24) is 0 Å². The lowest BCUT2D eigenvalue weighted by molar-refractivity contribution is -0.115. The third-order valence-corrected chi connectivity index (χ3v) is 2.79. The van der Waals surface area contributed by atoms with Crippen LogP contribution in [0.1, 0.15) is 18.4 Å². The lowest BCUT2D eigenvalue weighted by Crippen LogP contribution is -2.07. The van der Waals surface area contributed by atoms with Crippen molar-refractivity contribution >= 4 is 29.4 Å². The van der Waals surface area contributed by atoms with E-state index < -0.39 is 5.91 Å². The zero-order valence-electron chi connectivity index (χ0n) is 10.3. The van der Waals surface area contributed by atoms with Crippen LogP contribution >= 0.6 is 0 Å². The zero-order chi connectivity index (χ0) is 13.7. The summed E-state index contributed by atoms with van der Waals surface area (Å²) in [6, 6.07) is 6.99. The van der Waals surface area contributed by atoms with Crippen molar-refractivity contribution in [3.63, 3.8) is 0 Å². The van der Waals surface area contributed by atoms with Crippen LogP contribution in [0.2, 0.25) is 0 Å². The minimum Gasteiger partial charge on any atom is -0.322 e. The van der Waals surface area contributed by atoms with E-state index in [1.165, 1.54) is 5.94 Å². The van der Waals surface area contributed by atoms with Crippen molar-refractivity contribution in [2.24, 2.45) is 5.92 Å². The Labute approximate surface area is 110 Å². The summed E-state index contributed by atoms with van der Waals surface area (Å²) < 4.78 is 0. The molecule has 4 heteroatoms. The normalized spacial score (nSPS) is 13.9. The minimum absolute atomic E-state index is 0.175. The fourth-order valence-electron chi connectivity index (χ4n) is 1.59. The predicted molar refractivity (Wildman–Crippen MR) is 72.1 cm³/mol. The Morgan fingerprint density at radius 1 is 1.21 bits per heavy atom. The van der Waals surface area contributed by atoms with Crippen molar-refractivity contribution < 1.29 is 14.4 Å². The molecule has 4 nitrogen and oxygen atoms in total. The maximum absolute atomic E-state index is 11.5. The van der Waals surface area contributed by atoms with Crippen LogP contribution in [0.5, 0.6) is 0 Å². The summed E-state index contributed by atoms with van der Waals surface area (Å²) in [7, 11) is 0. The van der Waals surface area contributed by atoms with Crippen LogP contribution in [0.3, 0.4) is 0 Å². The molecule has 0 atom stereocenters. The molecule has 0 bridgehead atoms. The average molecular weight is 255 g/mol. The average Bonchev–Trinajstić information content (AvgIpc) is 3.22. The maximum Gasteiger partial charge on any atom is 0.259 e. The second-order valence-corrected chi connectivity index (χ2v) is 4.38. The first-order chi connectivity index (χ1) is 9.19. The molecule has 0 aliphatic heterocycles. The predicted octanol–water partition coefficient (Wildman–Crippen LogP) is 2.01. The molecule has 1 aromatic rings. The first-order valence-corrected chi connectivity index (χ1v) is 6.03. The van der Waals surface area contributed by atoms with Gasteiger partial charge in [0.1, 0.15) is 5.94 Å². The van der Waals surface area contributed by atoms with Crippen LogP contribution in [0, 0.1) is 5.92 Å². The molecule has 0 saturated heterocycles.